The highest BCUT2D eigenvalue weighted by atomic mass is 19.1. The normalized spacial score (nSPS) is 12.8. The number of carbonyl (C=O) groups is 1. The lowest BCUT2D eigenvalue weighted by molar-refractivity contribution is -0.125. The highest BCUT2D eigenvalue weighted by Crippen LogP contribution is 2.30. The molecular formula is C25H24FN3O4. The van der Waals surface area contributed by atoms with Crippen LogP contribution >= 0.6 is 0 Å². The first-order chi connectivity index (χ1) is 16.0. The zero-order valence-corrected chi connectivity index (χ0v) is 18.2. The number of nitrogens with one attached hydrogen (secondary N) is 1. The molecule has 0 aliphatic rings. The van der Waals surface area contributed by atoms with Crippen LogP contribution in [0.1, 0.15) is 18.6 Å². The maximum atomic E-state index is 13.3. The summed E-state index contributed by atoms with van der Waals surface area (Å²) in [4.78, 5) is 11.8. The van der Waals surface area contributed by atoms with E-state index in [9.17, 15) is 9.18 Å². The Morgan fingerprint density at radius 1 is 1.12 bits per heavy atom. The third-order valence-electron chi connectivity index (χ3n) is 5.28. The summed E-state index contributed by atoms with van der Waals surface area (Å²) in [6, 6.07) is 18.6. The molecule has 170 valence electrons. The van der Waals surface area contributed by atoms with Gasteiger partial charge in [0.2, 0.25) is 5.91 Å². The van der Waals surface area contributed by atoms with Crippen molar-refractivity contribution >= 4 is 16.8 Å². The molecule has 0 spiro atoms. The monoisotopic (exact) mass is 449 g/mol. The van der Waals surface area contributed by atoms with Gasteiger partial charge in [0.15, 0.2) is 0 Å². The van der Waals surface area contributed by atoms with E-state index in [-0.39, 0.29) is 5.82 Å². The van der Waals surface area contributed by atoms with Gasteiger partial charge in [0.05, 0.1) is 30.6 Å². The van der Waals surface area contributed by atoms with Gasteiger partial charge in [-0.3, -0.25) is 4.79 Å². The fourth-order valence-electron chi connectivity index (χ4n) is 3.67. The number of rotatable bonds is 8. The van der Waals surface area contributed by atoms with Crippen molar-refractivity contribution in [3.8, 4) is 17.2 Å². The molecule has 1 heterocycles. The van der Waals surface area contributed by atoms with Gasteiger partial charge in [0, 0.05) is 5.39 Å². The SMILES string of the molecule is COc1cccc([C@@H](Oc2ccc3c(cnn3-c3ccc(F)cc3)c2)C(C)NC(=O)CO)c1. The van der Waals surface area contributed by atoms with E-state index >= 15 is 0 Å². The molecule has 7 nitrogen and oxygen atoms in total. The minimum atomic E-state index is -0.607. The molecule has 0 saturated carbocycles. The van der Waals surface area contributed by atoms with Crippen LogP contribution in [0, 0.1) is 5.82 Å². The number of aliphatic hydroxyl groups excluding tert-OH is 1. The standard InChI is InChI=1S/C25H24FN3O4/c1-16(28-24(31)15-30)25(17-4-3-5-21(12-17)32-2)33-22-10-11-23-18(13-22)14-27-29(23)20-8-6-19(26)7-9-20/h3-14,16,25,30H,15H2,1-2H3,(H,28,31)/t16?,25-/m0/s1. The third kappa shape index (κ3) is 4.96. The molecule has 3 aromatic carbocycles. The van der Waals surface area contributed by atoms with Crippen LogP contribution in [0.25, 0.3) is 16.6 Å². The highest BCUT2D eigenvalue weighted by Gasteiger charge is 2.24. The lowest BCUT2D eigenvalue weighted by Crippen LogP contribution is -2.40. The Kier molecular flexibility index (Phi) is 6.55. The first kappa shape index (κ1) is 22.3. The molecule has 0 bridgehead atoms. The molecule has 2 N–H and O–H groups in total. The van der Waals surface area contributed by atoms with E-state index in [0.717, 1.165) is 22.2 Å². The molecule has 4 aromatic rings. The van der Waals surface area contributed by atoms with Crippen LogP contribution in [0.2, 0.25) is 0 Å². The van der Waals surface area contributed by atoms with Gasteiger partial charge in [0.25, 0.3) is 0 Å². The van der Waals surface area contributed by atoms with E-state index in [4.69, 9.17) is 14.6 Å². The van der Waals surface area contributed by atoms with Crippen molar-refractivity contribution in [2.75, 3.05) is 13.7 Å². The predicted molar refractivity (Wildman–Crippen MR) is 122 cm³/mol. The number of nitrogens with zero attached hydrogens (tertiary/aromatic N) is 2. The van der Waals surface area contributed by atoms with Gasteiger partial charge in [-0.25, -0.2) is 9.07 Å². The van der Waals surface area contributed by atoms with E-state index < -0.39 is 24.7 Å². The summed E-state index contributed by atoms with van der Waals surface area (Å²) in [6.07, 6.45) is 1.17. The van der Waals surface area contributed by atoms with Gasteiger partial charge in [-0.15, -0.1) is 0 Å². The molecule has 1 unspecified atom stereocenters. The van der Waals surface area contributed by atoms with Gasteiger partial charge >= 0.3 is 0 Å². The first-order valence-corrected chi connectivity index (χ1v) is 10.4. The largest absolute Gasteiger partial charge is 0.497 e. The Hall–Kier alpha value is -3.91. The summed E-state index contributed by atoms with van der Waals surface area (Å²) in [6.45, 7) is 1.20. The van der Waals surface area contributed by atoms with Gasteiger partial charge in [-0.05, 0) is 67.1 Å². The van der Waals surface area contributed by atoms with Crippen LogP contribution in [0.5, 0.6) is 11.5 Å². The Morgan fingerprint density at radius 2 is 1.91 bits per heavy atom. The number of hydrogen-bond acceptors (Lipinski definition) is 5. The number of ether oxygens (including phenoxy) is 2. The fourth-order valence-corrected chi connectivity index (χ4v) is 3.67. The van der Waals surface area contributed by atoms with Gasteiger partial charge < -0.3 is 19.9 Å². The van der Waals surface area contributed by atoms with Gasteiger partial charge in [-0.1, -0.05) is 12.1 Å². The van der Waals surface area contributed by atoms with E-state index in [1.54, 1.807) is 30.1 Å². The van der Waals surface area contributed by atoms with Gasteiger partial charge in [0.1, 0.15) is 30.0 Å². The number of benzene rings is 3. The van der Waals surface area contributed by atoms with Crippen LogP contribution in [-0.2, 0) is 4.79 Å². The molecule has 0 fully saturated rings. The lowest BCUT2D eigenvalue weighted by Gasteiger charge is -2.26. The molecule has 0 aliphatic heterocycles. The van der Waals surface area contributed by atoms with Crippen LogP contribution in [0.15, 0.2) is 72.9 Å². The molecule has 2 atom stereocenters. The minimum absolute atomic E-state index is 0.308. The Bertz CT molecular complexity index is 1260. The number of aliphatic hydroxyl groups is 1. The molecule has 1 aromatic heterocycles. The zero-order chi connectivity index (χ0) is 23.4. The highest BCUT2D eigenvalue weighted by molar-refractivity contribution is 5.81. The summed E-state index contributed by atoms with van der Waals surface area (Å²) < 4.78 is 26.6. The molecule has 0 saturated heterocycles. The average molecular weight is 449 g/mol. The summed E-state index contributed by atoms with van der Waals surface area (Å²) >= 11 is 0. The predicted octanol–water partition coefficient (Wildman–Crippen LogP) is 3.79. The molecule has 1 amide bonds. The molecule has 8 heteroatoms. The first-order valence-electron chi connectivity index (χ1n) is 10.4. The summed E-state index contributed by atoms with van der Waals surface area (Å²) in [5.74, 6) is 0.448. The number of methoxy groups -OCH3 is 1. The second-order valence-corrected chi connectivity index (χ2v) is 7.58. The van der Waals surface area contributed by atoms with Crippen molar-refractivity contribution < 1.29 is 23.8 Å². The number of carbonyl (C=O) groups excluding carboxylic acids is 1. The van der Waals surface area contributed by atoms with E-state index in [2.05, 4.69) is 10.4 Å². The number of halogens is 1. The topological polar surface area (TPSA) is 85.6 Å². The van der Waals surface area contributed by atoms with Crippen molar-refractivity contribution in [3.05, 3.63) is 84.3 Å². The van der Waals surface area contributed by atoms with Crippen LogP contribution < -0.4 is 14.8 Å². The third-order valence-corrected chi connectivity index (χ3v) is 5.28. The summed E-state index contributed by atoms with van der Waals surface area (Å²) in [5.41, 5.74) is 2.39. The zero-order valence-electron chi connectivity index (χ0n) is 18.2. The average Bonchev–Trinajstić information content (AvgIpc) is 3.26. The molecule has 4 rings (SSSR count). The van der Waals surface area contributed by atoms with Crippen molar-refractivity contribution in [2.45, 2.75) is 19.1 Å². The van der Waals surface area contributed by atoms with Gasteiger partial charge in [-0.2, -0.15) is 5.10 Å². The quantitative estimate of drug-likeness (QED) is 0.428. The van der Waals surface area contributed by atoms with Crippen LogP contribution in [-0.4, -0.2) is 40.6 Å². The van der Waals surface area contributed by atoms with Crippen molar-refractivity contribution in [1.82, 2.24) is 15.1 Å². The van der Waals surface area contributed by atoms with E-state index in [0.29, 0.717) is 11.5 Å². The molecule has 33 heavy (non-hydrogen) atoms. The Morgan fingerprint density at radius 3 is 2.64 bits per heavy atom. The second-order valence-electron chi connectivity index (χ2n) is 7.58. The number of hydrogen-bond donors (Lipinski definition) is 2. The summed E-state index contributed by atoms with van der Waals surface area (Å²) in [7, 11) is 1.58. The smallest absolute Gasteiger partial charge is 0.246 e. The van der Waals surface area contributed by atoms with Crippen molar-refractivity contribution in [2.24, 2.45) is 0 Å². The maximum Gasteiger partial charge on any atom is 0.246 e. The Labute approximate surface area is 190 Å². The molecule has 0 aliphatic carbocycles. The van der Waals surface area contributed by atoms with E-state index in [1.165, 1.54) is 12.1 Å². The molecule has 0 radical (unpaired) electrons. The Balaban J connectivity index is 1.65. The molecular weight excluding hydrogens is 425 g/mol. The van der Waals surface area contributed by atoms with Crippen LogP contribution in [0.3, 0.4) is 0 Å². The lowest BCUT2D eigenvalue weighted by atomic mass is 10.0. The van der Waals surface area contributed by atoms with Crippen LogP contribution in [0.4, 0.5) is 4.39 Å². The van der Waals surface area contributed by atoms with E-state index in [1.807, 2.05) is 49.4 Å². The summed E-state index contributed by atoms with van der Waals surface area (Å²) in [5, 5.41) is 17.1. The van der Waals surface area contributed by atoms with Crippen molar-refractivity contribution in [1.29, 1.82) is 0 Å². The second kappa shape index (κ2) is 9.70. The maximum absolute atomic E-state index is 13.3. The fraction of sp³-hybridized carbons (Fsp3) is 0.200. The number of fused-ring (bicyclic) bond motifs is 1. The number of aromatic nitrogens is 2. The number of amides is 1. The minimum Gasteiger partial charge on any atom is -0.497 e. The van der Waals surface area contributed by atoms with Crippen molar-refractivity contribution in [3.63, 3.8) is 0 Å².